The monoisotopic (exact) mass is 448 g/mol. The second kappa shape index (κ2) is 9.20. The third kappa shape index (κ3) is 5.21. The first kappa shape index (κ1) is 22.1. The molecule has 2 heterocycles. The minimum absolute atomic E-state index is 0.00400. The van der Waals surface area contributed by atoms with Gasteiger partial charge in [0.15, 0.2) is 0 Å². The Labute approximate surface area is 183 Å². The lowest BCUT2D eigenvalue weighted by atomic mass is 10.0. The molecule has 0 spiro atoms. The zero-order valence-electron chi connectivity index (χ0n) is 17.3. The predicted molar refractivity (Wildman–Crippen MR) is 110 cm³/mol. The Morgan fingerprint density at radius 3 is 2.25 bits per heavy atom. The molecule has 2 aromatic carbocycles. The number of alkyl halides is 3. The number of nitrogens with zero attached hydrogens (tertiary/aromatic N) is 2. The molecule has 0 N–H and O–H groups in total. The second-order valence-electron chi connectivity index (χ2n) is 7.77. The van der Waals surface area contributed by atoms with E-state index in [1.54, 1.807) is 40.1 Å². The van der Waals surface area contributed by atoms with Crippen LogP contribution in [0.25, 0.3) is 11.1 Å². The van der Waals surface area contributed by atoms with Gasteiger partial charge in [0.25, 0.3) is 11.8 Å². The van der Waals surface area contributed by atoms with Gasteiger partial charge >= 0.3 is 6.36 Å². The van der Waals surface area contributed by atoms with Gasteiger partial charge in [-0.1, -0.05) is 24.3 Å². The summed E-state index contributed by atoms with van der Waals surface area (Å²) in [7, 11) is 0. The lowest BCUT2D eigenvalue weighted by molar-refractivity contribution is -0.274. The van der Waals surface area contributed by atoms with Gasteiger partial charge in [0.2, 0.25) is 0 Å². The van der Waals surface area contributed by atoms with Crippen LogP contribution in [0.4, 0.5) is 13.2 Å². The Kier molecular flexibility index (Phi) is 6.36. The Bertz CT molecular complexity index is 964. The van der Waals surface area contributed by atoms with E-state index in [0.717, 1.165) is 12.8 Å². The van der Waals surface area contributed by atoms with E-state index in [4.69, 9.17) is 4.74 Å². The molecular weight excluding hydrogens is 425 g/mol. The number of amides is 2. The van der Waals surface area contributed by atoms with Crippen molar-refractivity contribution in [2.75, 3.05) is 32.8 Å². The van der Waals surface area contributed by atoms with Crippen LogP contribution in [-0.2, 0) is 9.53 Å². The van der Waals surface area contributed by atoms with E-state index in [1.807, 2.05) is 0 Å². The van der Waals surface area contributed by atoms with E-state index in [9.17, 15) is 22.8 Å². The van der Waals surface area contributed by atoms with Crippen LogP contribution in [0.15, 0.2) is 48.5 Å². The van der Waals surface area contributed by atoms with E-state index in [-0.39, 0.29) is 23.7 Å². The quantitative estimate of drug-likeness (QED) is 0.716. The molecule has 0 bridgehead atoms. The van der Waals surface area contributed by atoms with Crippen LogP contribution in [0.3, 0.4) is 0 Å². The number of carbonyl (C=O) groups is 2. The van der Waals surface area contributed by atoms with Gasteiger partial charge in [0.1, 0.15) is 11.9 Å². The fraction of sp³-hybridized carbons (Fsp3) is 0.391. The number of halogens is 3. The molecule has 170 valence electrons. The Morgan fingerprint density at radius 2 is 1.62 bits per heavy atom. The maximum absolute atomic E-state index is 12.8. The van der Waals surface area contributed by atoms with Crippen LogP contribution in [0.1, 0.15) is 23.2 Å². The molecule has 9 heteroatoms. The summed E-state index contributed by atoms with van der Waals surface area (Å²) in [5.74, 6) is -0.448. The van der Waals surface area contributed by atoms with Gasteiger partial charge in [-0.15, -0.1) is 13.2 Å². The van der Waals surface area contributed by atoms with E-state index in [2.05, 4.69) is 4.74 Å². The molecule has 2 aromatic rings. The smallest absolute Gasteiger partial charge is 0.406 e. The molecule has 0 radical (unpaired) electrons. The van der Waals surface area contributed by atoms with E-state index >= 15 is 0 Å². The summed E-state index contributed by atoms with van der Waals surface area (Å²) in [5.41, 5.74) is 1.70. The standard InChI is InChI=1S/C23H23F3N2O4/c24-23(25,26)32-19-4-1-3-18(15-19)16-6-8-17(9-7-16)21(29)27-10-12-28(13-11-27)22(30)20-5-2-14-31-20/h1,3-4,6-9,15,20H,2,5,10-14H2/t20-/m0/s1. The lowest BCUT2D eigenvalue weighted by Crippen LogP contribution is -2.52. The lowest BCUT2D eigenvalue weighted by Gasteiger charge is -2.35. The molecule has 2 fully saturated rings. The summed E-state index contributed by atoms with van der Waals surface area (Å²) in [6.07, 6.45) is -3.47. The minimum Gasteiger partial charge on any atom is -0.406 e. The van der Waals surface area contributed by atoms with Gasteiger partial charge in [0, 0.05) is 38.3 Å². The molecular formula is C23H23F3N2O4. The third-order valence-corrected chi connectivity index (χ3v) is 5.62. The van der Waals surface area contributed by atoms with Gasteiger partial charge in [-0.3, -0.25) is 9.59 Å². The topological polar surface area (TPSA) is 59.1 Å². The van der Waals surface area contributed by atoms with Crippen molar-refractivity contribution < 1.29 is 32.2 Å². The summed E-state index contributed by atoms with van der Waals surface area (Å²) in [5, 5.41) is 0. The number of benzene rings is 2. The minimum atomic E-state index is -4.76. The Hall–Kier alpha value is -3.07. The maximum atomic E-state index is 12.8. The third-order valence-electron chi connectivity index (χ3n) is 5.62. The summed E-state index contributed by atoms with van der Waals surface area (Å²) < 4.78 is 46.8. The predicted octanol–water partition coefficient (Wildman–Crippen LogP) is 3.72. The van der Waals surface area contributed by atoms with E-state index in [1.165, 1.54) is 18.2 Å². The summed E-state index contributed by atoms with van der Waals surface area (Å²) in [4.78, 5) is 28.7. The number of hydrogen-bond acceptors (Lipinski definition) is 4. The molecule has 6 nitrogen and oxygen atoms in total. The Morgan fingerprint density at radius 1 is 0.938 bits per heavy atom. The zero-order chi connectivity index (χ0) is 22.7. The molecule has 2 aliphatic heterocycles. The molecule has 0 unspecified atom stereocenters. The van der Waals surface area contributed by atoms with Gasteiger partial charge in [-0.2, -0.15) is 0 Å². The molecule has 1 atom stereocenters. The SMILES string of the molecule is O=C(c1ccc(-c2cccc(OC(F)(F)F)c2)cc1)N1CCN(C(=O)[C@@H]2CCCO2)CC1. The van der Waals surface area contributed by atoms with Crippen molar-refractivity contribution in [1.82, 2.24) is 9.80 Å². The van der Waals surface area contributed by atoms with Gasteiger partial charge < -0.3 is 19.3 Å². The van der Waals surface area contributed by atoms with Crippen molar-refractivity contribution in [2.45, 2.75) is 25.3 Å². The number of ether oxygens (including phenoxy) is 2. The van der Waals surface area contributed by atoms with Crippen LogP contribution in [-0.4, -0.2) is 66.9 Å². The first-order valence-corrected chi connectivity index (χ1v) is 10.5. The molecule has 4 rings (SSSR count). The van der Waals surface area contributed by atoms with Gasteiger partial charge in [0.05, 0.1) is 0 Å². The second-order valence-corrected chi connectivity index (χ2v) is 7.77. The fourth-order valence-electron chi connectivity index (χ4n) is 3.97. The van der Waals surface area contributed by atoms with Crippen molar-refractivity contribution >= 4 is 11.8 Å². The highest BCUT2D eigenvalue weighted by Gasteiger charge is 2.32. The van der Waals surface area contributed by atoms with Crippen molar-refractivity contribution in [3.05, 3.63) is 54.1 Å². The van der Waals surface area contributed by atoms with Gasteiger partial charge in [-0.25, -0.2) is 0 Å². The van der Waals surface area contributed by atoms with E-state index < -0.39 is 6.36 Å². The molecule has 0 aliphatic carbocycles. The van der Waals surface area contributed by atoms with Crippen molar-refractivity contribution in [1.29, 1.82) is 0 Å². The van der Waals surface area contributed by atoms with Crippen molar-refractivity contribution in [2.24, 2.45) is 0 Å². The highest BCUT2D eigenvalue weighted by atomic mass is 19.4. The van der Waals surface area contributed by atoms with Crippen LogP contribution in [0, 0.1) is 0 Å². The average molecular weight is 448 g/mol. The van der Waals surface area contributed by atoms with Crippen molar-refractivity contribution in [3.8, 4) is 16.9 Å². The number of rotatable bonds is 4. The maximum Gasteiger partial charge on any atom is 0.573 e. The molecule has 2 saturated heterocycles. The fourth-order valence-corrected chi connectivity index (χ4v) is 3.97. The number of hydrogen-bond donors (Lipinski definition) is 0. The summed E-state index contributed by atoms with van der Waals surface area (Å²) in [6, 6.07) is 12.4. The number of piperazine rings is 1. The average Bonchev–Trinajstić information content (AvgIpc) is 3.32. The number of carbonyl (C=O) groups excluding carboxylic acids is 2. The summed E-state index contributed by atoms with van der Waals surface area (Å²) in [6.45, 7) is 2.43. The molecule has 32 heavy (non-hydrogen) atoms. The normalized spacial score (nSPS) is 19.2. The summed E-state index contributed by atoms with van der Waals surface area (Å²) >= 11 is 0. The first-order chi connectivity index (χ1) is 15.3. The van der Waals surface area contributed by atoms with E-state index in [0.29, 0.717) is 49.5 Å². The van der Waals surface area contributed by atoms with Crippen LogP contribution < -0.4 is 4.74 Å². The molecule has 0 saturated carbocycles. The highest BCUT2D eigenvalue weighted by molar-refractivity contribution is 5.95. The highest BCUT2D eigenvalue weighted by Crippen LogP contribution is 2.28. The molecule has 2 amide bonds. The largest absolute Gasteiger partial charge is 0.573 e. The zero-order valence-corrected chi connectivity index (χ0v) is 17.3. The van der Waals surface area contributed by atoms with Crippen molar-refractivity contribution in [3.63, 3.8) is 0 Å². The Balaban J connectivity index is 1.37. The van der Waals surface area contributed by atoms with Crippen LogP contribution in [0.2, 0.25) is 0 Å². The molecule has 2 aliphatic rings. The van der Waals surface area contributed by atoms with Crippen LogP contribution in [0.5, 0.6) is 5.75 Å². The van der Waals surface area contributed by atoms with Gasteiger partial charge in [-0.05, 0) is 48.2 Å². The first-order valence-electron chi connectivity index (χ1n) is 10.5. The molecule has 0 aromatic heterocycles. The van der Waals surface area contributed by atoms with Crippen LogP contribution >= 0.6 is 0 Å².